The number of aromatic hydroxyl groups is 1. The zero-order chi connectivity index (χ0) is 14.1. The lowest BCUT2D eigenvalue weighted by molar-refractivity contribution is 0.432. The summed E-state index contributed by atoms with van der Waals surface area (Å²) in [6.07, 6.45) is 0. The second kappa shape index (κ2) is 4.98. The molecular formula is C15H11ClN2O2. The Bertz CT molecular complexity index is 768. The molecule has 1 aromatic heterocycles. The van der Waals surface area contributed by atoms with Crippen molar-refractivity contribution in [1.82, 2.24) is 10.1 Å². The minimum Gasteiger partial charge on any atom is -0.508 e. The van der Waals surface area contributed by atoms with Gasteiger partial charge in [0.25, 0.3) is 5.89 Å². The third-order valence-corrected chi connectivity index (χ3v) is 3.44. The van der Waals surface area contributed by atoms with E-state index in [-0.39, 0.29) is 5.75 Å². The van der Waals surface area contributed by atoms with E-state index in [4.69, 9.17) is 16.1 Å². The first-order chi connectivity index (χ1) is 9.65. The molecule has 3 aromatic rings. The fourth-order valence-corrected chi connectivity index (χ4v) is 2.11. The largest absolute Gasteiger partial charge is 0.508 e. The number of benzene rings is 2. The summed E-state index contributed by atoms with van der Waals surface area (Å²) >= 11 is 6.09. The maximum Gasteiger partial charge on any atom is 0.258 e. The van der Waals surface area contributed by atoms with Crippen LogP contribution in [-0.2, 0) is 0 Å². The average Bonchev–Trinajstić information content (AvgIpc) is 2.91. The predicted molar refractivity (Wildman–Crippen MR) is 76.6 cm³/mol. The minimum absolute atomic E-state index is 0.160. The SMILES string of the molecule is Cc1c(Cl)cccc1-c1nc(-c2cccc(O)c2)no1. The van der Waals surface area contributed by atoms with Gasteiger partial charge in [0.15, 0.2) is 0 Å². The highest BCUT2D eigenvalue weighted by atomic mass is 35.5. The number of rotatable bonds is 2. The van der Waals surface area contributed by atoms with Crippen LogP contribution in [0.25, 0.3) is 22.8 Å². The number of hydrogen-bond donors (Lipinski definition) is 1. The number of phenols is 1. The summed E-state index contributed by atoms with van der Waals surface area (Å²) < 4.78 is 5.28. The molecule has 1 N–H and O–H groups in total. The topological polar surface area (TPSA) is 59.2 Å². The lowest BCUT2D eigenvalue weighted by atomic mass is 10.1. The van der Waals surface area contributed by atoms with E-state index in [0.29, 0.717) is 22.3 Å². The maximum absolute atomic E-state index is 9.48. The highest BCUT2D eigenvalue weighted by molar-refractivity contribution is 6.31. The molecule has 0 saturated heterocycles. The molecule has 0 spiro atoms. The van der Waals surface area contributed by atoms with E-state index in [1.165, 1.54) is 0 Å². The molecule has 3 rings (SSSR count). The van der Waals surface area contributed by atoms with Gasteiger partial charge < -0.3 is 9.63 Å². The molecule has 0 radical (unpaired) electrons. The fourth-order valence-electron chi connectivity index (χ4n) is 1.93. The maximum atomic E-state index is 9.48. The third kappa shape index (κ3) is 2.26. The van der Waals surface area contributed by atoms with Crippen molar-refractivity contribution in [3.05, 3.63) is 53.1 Å². The van der Waals surface area contributed by atoms with Gasteiger partial charge in [-0.1, -0.05) is 35.0 Å². The minimum atomic E-state index is 0.160. The van der Waals surface area contributed by atoms with Crippen molar-refractivity contribution in [3.63, 3.8) is 0 Å². The van der Waals surface area contributed by atoms with Gasteiger partial charge in [-0.05, 0) is 36.8 Å². The molecule has 0 aliphatic heterocycles. The standard InChI is InChI=1S/C15H11ClN2O2/c1-9-12(6-3-7-13(9)16)15-17-14(18-20-15)10-4-2-5-11(19)8-10/h2-8,19H,1H3. The number of hydrogen-bond acceptors (Lipinski definition) is 4. The number of aromatic nitrogens is 2. The van der Waals surface area contributed by atoms with Gasteiger partial charge in [-0.3, -0.25) is 0 Å². The van der Waals surface area contributed by atoms with Crippen molar-refractivity contribution in [2.24, 2.45) is 0 Å². The first kappa shape index (κ1) is 12.7. The van der Waals surface area contributed by atoms with E-state index < -0.39 is 0 Å². The van der Waals surface area contributed by atoms with Crippen LogP contribution in [-0.4, -0.2) is 15.2 Å². The Kier molecular flexibility index (Phi) is 3.16. The molecule has 0 atom stereocenters. The molecule has 20 heavy (non-hydrogen) atoms. The highest BCUT2D eigenvalue weighted by Crippen LogP contribution is 2.29. The van der Waals surface area contributed by atoms with Crippen molar-refractivity contribution in [1.29, 1.82) is 0 Å². The van der Waals surface area contributed by atoms with Gasteiger partial charge in [0.1, 0.15) is 5.75 Å². The van der Waals surface area contributed by atoms with E-state index in [9.17, 15) is 5.11 Å². The van der Waals surface area contributed by atoms with E-state index in [1.807, 2.05) is 25.1 Å². The van der Waals surface area contributed by atoms with Crippen molar-refractivity contribution >= 4 is 11.6 Å². The van der Waals surface area contributed by atoms with Crippen LogP contribution in [0.3, 0.4) is 0 Å². The van der Waals surface area contributed by atoms with Crippen molar-refractivity contribution in [2.75, 3.05) is 0 Å². The molecule has 5 heteroatoms. The first-order valence-electron chi connectivity index (χ1n) is 6.04. The van der Waals surface area contributed by atoms with Crippen LogP contribution in [0.15, 0.2) is 47.0 Å². The normalized spacial score (nSPS) is 10.7. The molecule has 1 heterocycles. The second-order valence-electron chi connectivity index (χ2n) is 4.39. The Morgan fingerprint density at radius 2 is 1.95 bits per heavy atom. The summed E-state index contributed by atoms with van der Waals surface area (Å²) in [6, 6.07) is 12.2. The lowest BCUT2D eigenvalue weighted by Crippen LogP contribution is -1.85. The Balaban J connectivity index is 2.04. The molecule has 0 aliphatic carbocycles. The summed E-state index contributed by atoms with van der Waals surface area (Å²) in [5.74, 6) is 0.992. The molecule has 0 fully saturated rings. The Morgan fingerprint density at radius 1 is 1.15 bits per heavy atom. The monoisotopic (exact) mass is 286 g/mol. The Hall–Kier alpha value is -2.33. The van der Waals surface area contributed by atoms with Gasteiger partial charge >= 0.3 is 0 Å². The highest BCUT2D eigenvalue weighted by Gasteiger charge is 2.13. The third-order valence-electron chi connectivity index (χ3n) is 3.03. The fraction of sp³-hybridized carbons (Fsp3) is 0.0667. The van der Waals surface area contributed by atoms with Gasteiger partial charge in [-0.25, -0.2) is 0 Å². The number of nitrogens with zero attached hydrogens (tertiary/aromatic N) is 2. The van der Waals surface area contributed by atoms with Crippen LogP contribution >= 0.6 is 11.6 Å². The Morgan fingerprint density at radius 3 is 2.75 bits per heavy atom. The number of phenolic OH excluding ortho intramolecular Hbond substituents is 1. The van der Waals surface area contributed by atoms with Crippen LogP contribution in [0, 0.1) is 6.92 Å². The van der Waals surface area contributed by atoms with E-state index in [1.54, 1.807) is 24.3 Å². The molecule has 2 aromatic carbocycles. The smallest absolute Gasteiger partial charge is 0.258 e. The van der Waals surface area contributed by atoms with Crippen molar-refractivity contribution < 1.29 is 9.63 Å². The molecule has 0 unspecified atom stereocenters. The second-order valence-corrected chi connectivity index (χ2v) is 4.79. The average molecular weight is 287 g/mol. The molecule has 0 aliphatic rings. The van der Waals surface area contributed by atoms with Crippen LogP contribution in [0.1, 0.15) is 5.56 Å². The number of halogens is 1. The Labute approximate surface area is 120 Å². The lowest BCUT2D eigenvalue weighted by Gasteiger charge is -2.01. The van der Waals surface area contributed by atoms with Crippen LogP contribution in [0.5, 0.6) is 5.75 Å². The summed E-state index contributed by atoms with van der Waals surface area (Å²) in [6.45, 7) is 1.90. The molecule has 4 nitrogen and oxygen atoms in total. The van der Waals surface area contributed by atoms with Gasteiger partial charge in [-0.15, -0.1) is 0 Å². The van der Waals surface area contributed by atoms with Gasteiger partial charge in [0.2, 0.25) is 5.82 Å². The van der Waals surface area contributed by atoms with Gasteiger partial charge in [0, 0.05) is 16.1 Å². The molecule has 0 saturated carbocycles. The summed E-state index contributed by atoms with van der Waals surface area (Å²) in [7, 11) is 0. The summed E-state index contributed by atoms with van der Waals surface area (Å²) in [5.41, 5.74) is 2.39. The molecule has 0 bridgehead atoms. The zero-order valence-electron chi connectivity index (χ0n) is 10.7. The van der Waals surface area contributed by atoms with Crippen LogP contribution in [0.4, 0.5) is 0 Å². The van der Waals surface area contributed by atoms with Gasteiger partial charge in [0.05, 0.1) is 0 Å². The molecular weight excluding hydrogens is 276 g/mol. The van der Waals surface area contributed by atoms with Crippen LogP contribution in [0.2, 0.25) is 5.02 Å². The van der Waals surface area contributed by atoms with E-state index in [2.05, 4.69) is 10.1 Å². The van der Waals surface area contributed by atoms with Gasteiger partial charge in [-0.2, -0.15) is 4.98 Å². The molecule has 0 amide bonds. The van der Waals surface area contributed by atoms with Crippen molar-refractivity contribution in [3.8, 4) is 28.6 Å². The van der Waals surface area contributed by atoms with E-state index in [0.717, 1.165) is 11.1 Å². The molecule has 100 valence electrons. The predicted octanol–water partition coefficient (Wildman–Crippen LogP) is 4.07. The zero-order valence-corrected chi connectivity index (χ0v) is 11.4. The quantitative estimate of drug-likeness (QED) is 0.771. The van der Waals surface area contributed by atoms with E-state index >= 15 is 0 Å². The van der Waals surface area contributed by atoms with Crippen LogP contribution < -0.4 is 0 Å². The summed E-state index contributed by atoms with van der Waals surface area (Å²) in [4.78, 5) is 4.35. The van der Waals surface area contributed by atoms with Crippen molar-refractivity contribution in [2.45, 2.75) is 6.92 Å². The first-order valence-corrected chi connectivity index (χ1v) is 6.41. The summed E-state index contributed by atoms with van der Waals surface area (Å²) in [5, 5.41) is 14.1.